The van der Waals surface area contributed by atoms with Gasteiger partial charge in [-0.05, 0) is 19.9 Å². The molecule has 4 fully saturated rings. The summed E-state index contributed by atoms with van der Waals surface area (Å²) in [5.41, 5.74) is 0. The van der Waals surface area contributed by atoms with Crippen LogP contribution in [0.2, 0.25) is 0 Å². The van der Waals surface area contributed by atoms with E-state index in [1.54, 1.807) is 0 Å². The van der Waals surface area contributed by atoms with E-state index >= 15 is 0 Å². The summed E-state index contributed by atoms with van der Waals surface area (Å²) in [5.74, 6) is 0. The van der Waals surface area contributed by atoms with Crippen LogP contribution in [-0.2, 0) is 4.74 Å². The van der Waals surface area contributed by atoms with Gasteiger partial charge in [-0.3, -0.25) is 4.90 Å². The van der Waals surface area contributed by atoms with Crippen molar-refractivity contribution in [2.24, 2.45) is 0 Å². The van der Waals surface area contributed by atoms with E-state index in [4.69, 9.17) is 4.74 Å². The Morgan fingerprint density at radius 1 is 1.36 bits per heavy atom. The maximum Gasteiger partial charge on any atom is 0.101 e. The van der Waals surface area contributed by atoms with E-state index in [1.165, 1.54) is 0 Å². The Bertz CT molecular complexity index is 175. The van der Waals surface area contributed by atoms with E-state index in [0.717, 1.165) is 12.8 Å². The summed E-state index contributed by atoms with van der Waals surface area (Å²) in [4.78, 5) is 2.29. The van der Waals surface area contributed by atoms with Gasteiger partial charge in [-0.1, -0.05) is 0 Å². The van der Waals surface area contributed by atoms with Gasteiger partial charge in [0.25, 0.3) is 0 Å². The summed E-state index contributed by atoms with van der Waals surface area (Å²) in [6, 6.07) is 0.895. The topological polar surface area (TPSA) is 32.7 Å². The average Bonchev–Trinajstić information content (AvgIpc) is 2.39. The van der Waals surface area contributed by atoms with E-state index in [-0.39, 0.29) is 12.2 Å². The van der Waals surface area contributed by atoms with Crippen molar-refractivity contribution in [2.45, 2.75) is 43.2 Å². The number of hydrogen-bond donors (Lipinski definition) is 1. The molecule has 3 unspecified atom stereocenters. The van der Waals surface area contributed by atoms with Crippen molar-refractivity contribution in [1.82, 2.24) is 4.90 Å². The number of aliphatic hydroxyl groups is 1. The molecule has 0 aromatic carbocycles. The number of piperidine rings is 1. The molecule has 0 aromatic heterocycles. The second kappa shape index (κ2) is 1.79. The van der Waals surface area contributed by atoms with Crippen LogP contribution in [0.15, 0.2) is 0 Å². The SMILES string of the molecule is CN1[C@H]2CC3C[C@H]1C(O3)C2O. The van der Waals surface area contributed by atoms with Gasteiger partial charge in [0.15, 0.2) is 0 Å². The number of nitrogens with zero attached hydrogens (tertiary/aromatic N) is 1. The molecule has 4 saturated heterocycles. The predicted molar refractivity (Wildman–Crippen MR) is 39.2 cm³/mol. The number of rotatable bonds is 0. The third kappa shape index (κ3) is 0.604. The first-order valence-corrected chi connectivity index (χ1v) is 4.33. The maximum atomic E-state index is 9.71. The van der Waals surface area contributed by atoms with Crippen LogP contribution in [0.1, 0.15) is 12.8 Å². The summed E-state index contributed by atoms with van der Waals surface area (Å²) in [5, 5.41) is 9.71. The summed E-state index contributed by atoms with van der Waals surface area (Å²) in [7, 11) is 2.10. The van der Waals surface area contributed by atoms with Crippen LogP contribution < -0.4 is 0 Å². The lowest BCUT2D eigenvalue weighted by atomic mass is 10.0. The van der Waals surface area contributed by atoms with Crippen LogP contribution in [-0.4, -0.2) is 47.4 Å². The molecule has 4 heterocycles. The fourth-order valence-electron chi connectivity index (χ4n) is 2.91. The molecule has 4 rings (SSSR count). The number of aliphatic hydroxyl groups excluding tert-OH is 1. The van der Waals surface area contributed by atoms with E-state index in [2.05, 4.69) is 11.9 Å². The Kier molecular flexibility index (Phi) is 1.04. The Morgan fingerprint density at radius 3 is 2.73 bits per heavy atom. The van der Waals surface area contributed by atoms with Gasteiger partial charge in [-0.25, -0.2) is 0 Å². The molecule has 4 aliphatic heterocycles. The molecule has 62 valence electrons. The van der Waals surface area contributed by atoms with Crippen molar-refractivity contribution in [3.8, 4) is 0 Å². The van der Waals surface area contributed by atoms with Crippen molar-refractivity contribution in [3.05, 3.63) is 0 Å². The fourth-order valence-corrected chi connectivity index (χ4v) is 2.91. The minimum absolute atomic E-state index is 0.128. The zero-order valence-electron chi connectivity index (χ0n) is 6.60. The van der Waals surface area contributed by atoms with Crippen molar-refractivity contribution >= 4 is 0 Å². The van der Waals surface area contributed by atoms with Crippen LogP contribution in [0.4, 0.5) is 0 Å². The van der Waals surface area contributed by atoms with Crippen LogP contribution in [0.5, 0.6) is 0 Å². The highest BCUT2D eigenvalue weighted by atomic mass is 16.5. The monoisotopic (exact) mass is 155 g/mol. The molecule has 3 heteroatoms. The first-order valence-electron chi connectivity index (χ1n) is 4.33. The molecule has 0 spiro atoms. The van der Waals surface area contributed by atoms with Crippen molar-refractivity contribution < 1.29 is 9.84 Å². The van der Waals surface area contributed by atoms with Gasteiger partial charge < -0.3 is 9.84 Å². The van der Waals surface area contributed by atoms with E-state index in [0.29, 0.717) is 18.2 Å². The highest BCUT2D eigenvalue weighted by Gasteiger charge is 2.57. The van der Waals surface area contributed by atoms with E-state index in [9.17, 15) is 5.11 Å². The zero-order valence-corrected chi connectivity index (χ0v) is 6.60. The summed E-state index contributed by atoms with van der Waals surface area (Å²) in [6.45, 7) is 0. The molecule has 5 atom stereocenters. The van der Waals surface area contributed by atoms with Gasteiger partial charge in [0.1, 0.15) is 6.10 Å². The van der Waals surface area contributed by atoms with Gasteiger partial charge in [0.05, 0.1) is 12.2 Å². The highest BCUT2D eigenvalue weighted by molar-refractivity contribution is 5.10. The molecule has 0 aliphatic carbocycles. The Balaban J connectivity index is 2.00. The smallest absolute Gasteiger partial charge is 0.101 e. The fraction of sp³-hybridized carbons (Fsp3) is 1.00. The molecule has 0 radical (unpaired) electrons. The maximum absolute atomic E-state index is 9.71. The van der Waals surface area contributed by atoms with Gasteiger partial charge in [0.2, 0.25) is 0 Å². The predicted octanol–water partition coefficient (Wildman–Crippen LogP) is -0.409. The summed E-state index contributed by atoms with van der Waals surface area (Å²) < 4.78 is 5.64. The van der Waals surface area contributed by atoms with Crippen molar-refractivity contribution in [1.29, 1.82) is 0 Å². The average molecular weight is 155 g/mol. The molecule has 0 saturated carbocycles. The van der Waals surface area contributed by atoms with E-state index < -0.39 is 0 Å². The lowest BCUT2D eigenvalue weighted by Crippen LogP contribution is -2.44. The largest absolute Gasteiger partial charge is 0.389 e. The molecular formula is C8H13NO2. The first kappa shape index (κ1) is 6.40. The molecular weight excluding hydrogens is 142 g/mol. The second-order valence-electron chi connectivity index (χ2n) is 3.98. The Morgan fingerprint density at radius 2 is 2.09 bits per heavy atom. The van der Waals surface area contributed by atoms with Gasteiger partial charge in [-0.15, -0.1) is 0 Å². The van der Waals surface area contributed by atoms with Crippen molar-refractivity contribution in [3.63, 3.8) is 0 Å². The van der Waals surface area contributed by atoms with Crippen LogP contribution in [0.3, 0.4) is 0 Å². The van der Waals surface area contributed by atoms with Gasteiger partial charge >= 0.3 is 0 Å². The normalized spacial score (nSPS) is 61.1. The minimum Gasteiger partial charge on any atom is -0.389 e. The van der Waals surface area contributed by atoms with Crippen LogP contribution in [0.25, 0.3) is 0 Å². The molecule has 0 amide bonds. The molecule has 1 N–H and O–H groups in total. The van der Waals surface area contributed by atoms with Crippen LogP contribution in [0, 0.1) is 0 Å². The third-order valence-corrected chi connectivity index (χ3v) is 3.51. The third-order valence-electron chi connectivity index (χ3n) is 3.51. The minimum atomic E-state index is -0.219. The molecule has 0 aromatic rings. The molecule has 4 bridgehead atoms. The quantitative estimate of drug-likeness (QED) is 0.516. The molecule has 11 heavy (non-hydrogen) atoms. The number of likely N-dealkylation sites (N-methyl/N-ethyl adjacent to an activating group) is 1. The highest BCUT2D eigenvalue weighted by Crippen LogP contribution is 2.44. The van der Waals surface area contributed by atoms with E-state index in [1.807, 2.05) is 0 Å². The van der Waals surface area contributed by atoms with Crippen molar-refractivity contribution in [2.75, 3.05) is 7.05 Å². The first-order chi connectivity index (χ1) is 5.27. The summed E-state index contributed by atoms with van der Waals surface area (Å²) >= 11 is 0. The zero-order chi connectivity index (χ0) is 7.59. The second-order valence-corrected chi connectivity index (χ2v) is 3.98. The van der Waals surface area contributed by atoms with Crippen LogP contribution >= 0.6 is 0 Å². The molecule has 3 nitrogen and oxygen atoms in total. The standard InChI is InChI=1S/C8H13NO2/c1-9-5-2-4-3-6(9)8(11-4)7(5)10/h4-8,10H,2-3H2,1H3/t4?,5-,6-,7?,8?/m0/s1. The van der Waals surface area contributed by atoms with Gasteiger partial charge in [0, 0.05) is 12.1 Å². The Hall–Kier alpha value is -0.120. The Labute approximate surface area is 65.9 Å². The number of hydrogen-bond acceptors (Lipinski definition) is 3. The lowest BCUT2D eigenvalue weighted by molar-refractivity contribution is -0.0758. The number of ether oxygens (including phenoxy) is 1. The van der Waals surface area contributed by atoms with Gasteiger partial charge in [-0.2, -0.15) is 0 Å². The molecule has 4 aliphatic rings. The summed E-state index contributed by atoms with van der Waals surface area (Å²) in [6.07, 6.45) is 2.53. The lowest BCUT2D eigenvalue weighted by Gasteiger charge is -2.33.